The summed E-state index contributed by atoms with van der Waals surface area (Å²) in [5.74, 6) is -2.03. The number of carbonyl (C=O) groups is 1. The number of hydrogen-bond donors (Lipinski definition) is 0. The van der Waals surface area contributed by atoms with Gasteiger partial charge in [0, 0.05) is 0 Å². The Hall–Kier alpha value is -1.78. The van der Waals surface area contributed by atoms with Gasteiger partial charge in [0.1, 0.15) is 17.1 Å². The molecule has 2 aromatic heterocycles. The van der Waals surface area contributed by atoms with E-state index in [4.69, 9.17) is 4.42 Å². The Kier molecular flexibility index (Phi) is 4.39. The van der Waals surface area contributed by atoms with Gasteiger partial charge in [-0.15, -0.1) is 0 Å². The summed E-state index contributed by atoms with van der Waals surface area (Å²) in [7, 11) is 0. The third-order valence-electron chi connectivity index (χ3n) is 2.03. The standard InChI is InChI=1S/C10H5F3N2O3.Li/c11-10(12,13)6-3-1-2-5(15-6)8-7(9(16)17)14-4-18-8;/h1-4H,(H,16,17);/q;+1/p-1. The third-order valence-corrected chi connectivity index (χ3v) is 2.03. The first-order valence-electron chi connectivity index (χ1n) is 4.59. The zero-order chi connectivity index (χ0) is 13.3. The summed E-state index contributed by atoms with van der Waals surface area (Å²) in [5.41, 5.74) is -2.02. The molecule has 94 valence electrons. The van der Waals surface area contributed by atoms with Crippen LogP contribution in [-0.4, -0.2) is 15.9 Å². The Morgan fingerprint density at radius 3 is 2.58 bits per heavy atom. The molecule has 0 N–H and O–H groups in total. The Morgan fingerprint density at radius 2 is 2.00 bits per heavy atom. The second-order valence-corrected chi connectivity index (χ2v) is 3.22. The average Bonchev–Trinajstić information content (AvgIpc) is 2.77. The van der Waals surface area contributed by atoms with Crippen LogP contribution in [0.1, 0.15) is 16.2 Å². The summed E-state index contributed by atoms with van der Waals surface area (Å²) in [6.07, 6.45) is -3.83. The molecule has 0 atom stereocenters. The van der Waals surface area contributed by atoms with Crippen LogP contribution in [0.2, 0.25) is 0 Å². The second kappa shape index (κ2) is 5.46. The van der Waals surface area contributed by atoms with Crippen molar-refractivity contribution in [3.8, 4) is 11.5 Å². The molecule has 2 rings (SSSR count). The van der Waals surface area contributed by atoms with E-state index in [1.54, 1.807) is 0 Å². The van der Waals surface area contributed by atoms with E-state index < -0.39 is 23.5 Å². The van der Waals surface area contributed by atoms with Crippen LogP contribution in [0.4, 0.5) is 13.2 Å². The Labute approximate surface area is 116 Å². The number of hydrogen-bond acceptors (Lipinski definition) is 5. The topological polar surface area (TPSA) is 79.0 Å². The van der Waals surface area contributed by atoms with Gasteiger partial charge in [-0.2, -0.15) is 13.2 Å². The monoisotopic (exact) mass is 264 g/mol. The van der Waals surface area contributed by atoms with Crippen LogP contribution in [0.5, 0.6) is 0 Å². The predicted octanol–water partition coefficient (Wildman–Crippen LogP) is -1.88. The molecule has 0 aliphatic rings. The van der Waals surface area contributed by atoms with Crippen LogP contribution in [0.15, 0.2) is 29.0 Å². The summed E-state index contributed by atoms with van der Waals surface area (Å²) in [4.78, 5) is 17.3. The number of nitrogens with zero attached hydrogens (tertiary/aromatic N) is 2. The normalized spacial score (nSPS) is 10.9. The number of halogens is 3. The van der Waals surface area contributed by atoms with Crippen molar-refractivity contribution in [2.24, 2.45) is 0 Å². The van der Waals surface area contributed by atoms with Crippen molar-refractivity contribution in [2.45, 2.75) is 6.18 Å². The molecule has 0 radical (unpaired) electrons. The maximum Gasteiger partial charge on any atom is 1.00 e. The van der Waals surface area contributed by atoms with Gasteiger partial charge in [-0.25, -0.2) is 9.97 Å². The van der Waals surface area contributed by atoms with Crippen LogP contribution in [0.25, 0.3) is 11.5 Å². The number of carbonyl (C=O) groups excluding carboxylic acids is 1. The molecule has 0 aliphatic carbocycles. The van der Waals surface area contributed by atoms with Crippen molar-refractivity contribution in [2.75, 3.05) is 0 Å². The fraction of sp³-hybridized carbons (Fsp3) is 0.100. The minimum absolute atomic E-state index is 0. The molecule has 0 saturated carbocycles. The first-order valence-corrected chi connectivity index (χ1v) is 4.59. The van der Waals surface area contributed by atoms with Crippen LogP contribution in [-0.2, 0) is 6.18 Å². The van der Waals surface area contributed by atoms with Crippen molar-refractivity contribution in [3.05, 3.63) is 36.0 Å². The van der Waals surface area contributed by atoms with E-state index in [1.165, 1.54) is 6.07 Å². The molecule has 19 heavy (non-hydrogen) atoms. The molecule has 5 nitrogen and oxygen atoms in total. The van der Waals surface area contributed by atoms with Crippen molar-refractivity contribution in [1.82, 2.24) is 9.97 Å². The molecule has 9 heteroatoms. The number of alkyl halides is 3. The van der Waals surface area contributed by atoms with Crippen molar-refractivity contribution in [1.29, 1.82) is 0 Å². The van der Waals surface area contributed by atoms with Gasteiger partial charge in [-0.3, -0.25) is 0 Å². The van der Waals surface area contributed by atoms with Gasteiger partial charge in [-0.1, -0.05) is 6.07 Å². The summed E-state index contributed by atoms with van der Waals surface area (Å²) in [5, 5.41) is 10.7. The maximum atomic E-state index is 12.4. The van der Waals surface area contributed by atoms with E-state index in [9.17, 15) is 23.1 Å². The molecule has 0 unspecified atom stereocenters. The predicted molar refractivity (Wildman–Crippen MR) is 49.1 cm³/mol. The number of carboxylic acid groups (broad SMARTS) is 1. The van der Waals surface area contributed by atoms with Crippen molar-refractivity contribution in [3.63, 3.8) is 0 Å². The molecule has 2 aromatic rings. The number of aromatic carboxylic acids is 1. The number of rotatable bonds is 2. The van der Waals surface area contributed by atoms with E-state index in [0.29, 0.717) is 0 Å². The molecule has 0 bridgehead atoms. The van der Waals surface area contributed by atoms with Crippen LogP contribution >= 0.6 is 0 Å². The van der Waals surface area contributed by atoms with E-state index in [-0.39, 0.29) is 30.3 Å². The third kappa shape index (κ3) is 3.16. The van der Waals surface area contributed by atoms with E-state index >= 15 is 0 Å². The maximum absolute atomic E-state index is 12.4. The number of carboxylic acids is 1. The summed E-state index contributed by atoms with van der Waals surface area (Å²) < 4.78 is 42.0. The van der Waals surface area contributed by atoms with Crippen molar-refractivity contribution >= 4 is 5.97 Å². The average molecular weight is 264 g/mol. The van der Waals surface area contributed by atoms with Gasteiger partial charge in [-0.05, 0) is 12.1 Å². The molecular weight excluding hydrogens is 260 g/mol. The SMILES string of the molecule is O=C([O-])c1ncoc1-c1cccc(C(F)(F)F)n1.[Li+]. The zero-order valence-electron chi connectivity index (χ0n) is 9.56. The quantitative estimate of drug-likeness (QED) is 0.593. The van der Waals surface area contributed by atoms with Gasteiger partial charge in [0.05, 0.1) is 5.97 Å². The summed E-state index contributed by atoms with van der Waals surface area (Å²) in [6.45, 7) is 0. The Bertz CT molecular complexity index is 598. The molecule has 0 spiro atoms. The van der Waals surface area contributed by atoms with Crippen LogP contribution < -0.4 is 24.0 Å². The minimum atomic E-state index is -4.63. The minimum Gasteiger partial charge on any atom is -0.543 e. The van der Waals surface area contributed by atoms with E-state index in [2.05, 4.69) is 9.97 Å². The van der Waals surface area contributed by atoms with Crippen LogP contribution in [0.3, 0.4) is 0 Å². The molecule has 0 saturated heterocycles. The van der Waals surface area contributed by atoms with Gasteiger partial charge < -0.3 is 14.3 Å². The Morgan fingerprint density at radius 1 is 1.32 bits per heavy atom. The van der Waals surface area contributed by atoms with E-state index in [1.807, 2.05) is 0 Å². The summed E-state index contributed by atoms with van der Waals surface area (Å²) in [6, 6.07) is 3.04. The number of aromatic nitrogens is 2. The molecule has 2 heterocycles. The molecular formula is C10H4F3LiN2O3. The van der Waals surface area contributed by atoms with E-state index in [0.717, 1.165) is 18.5 Å². The number of pyridine rings is 1. The zero-order valence-corrected chi connectivity index (χ0v) is 9.56. The Balaban J connectivity index is 0.00000180. The van der Waals surface area contributed by atoms with Gasteiger partial charge in [0.2, 0.25) is 0 Å². The fourth-order valence-electron chi connectivity index (χ4n) is 1.29. The van der Waals surface area contributed by atoms with Gasteiger partial charge in [0.15, 0.2) is 12.2 Å². The first kappa shape index (κ1) is 15.3. The molecule has 0 fully saturated rings. The molecule has 0 aliphatic heterocycles. The summed E-state index contributed by atoms with van der Waals surface area (Å²) >= 11 is 0. The number of oxazole rings is 1. The fourth-order valence-corrected chi connectivity index (χ4v) is 1.29. The van der Waals surface area contributed by atoms with Gasteiger partial charge >= 0.3 is 25.0 Å². The molecule has 0 amide bonds. The second-order valence-electron chi connectivity index (χ2n) is 3.22. The van der Waals surface area contributed by atoms with Crippen LogP contribution in [0, 0.1) is 0 Å². The largest absolute Gasteiger partial charge is 1.00 e. The first-order chi connectivity index (χ1) is 8.39. The van der Waals surface area contributed by atoms with Gasteiger partial charge in [0.25, 0.3) is 0 Å². The smallest absolute Gasteiger partial charge is 0.543 e. The van der Waals surface area contributed by atoms with Crippen molar-refractivity contribution < 1.29 is 46.4 Å². The molecule has 0 aromatic carbocycles.